The zero-order valence-corrected chi connectivity index (χ0v) is 17.9. The number of methoxy groups -OCH3 is 1. The fourth-order valence-electron chi connectivity index (χ4n) is 4.60. The molecule has 0 spiro atoms. The third-order valence-corrected chi connectivity index (χ3v) is 6.57. The number of carbonyl (C=O) groups is 1. The lowest BCUT2D eigenvalue weighted by Gasteiger charge is -2.35. The number of oxime groups is 1. The second-order valence-corrected chi connectivity index (χ2v) is 8.85. The zero-order chi connectivity index (χ0) is 21.1. The molecule has 1 aromatic carbocycles. The van der Waals surface area contributed by atoms with Crippen LogP contribution in [-0.2, 0) is 9.63 Å². The molecule has 1 saturated heterocycles. The van der Waals surface area contributed by atoms with Crippen LogP contribution in [0.2, 0.25) is 0 Å². The van der Waals surface area contributed by atoms with Gasteiger partial charge >= 0.3 is 0 Å². The minimum atomic E-state index is -0.992. The number of likely N-dealkylation sites (tertiary alicyclic amines) is 1. The minimum absolute atomic E-state index is 0.0337. The summed E-state index contributed by atoms with van der Waals surface area (Å²) >= 11 is 0. The van der Waals surface area contributed by atoms with E-state index < -0.39 is 5.60 Å². The molecule has 1 amide bonds. The van der Waals surface area contributed by atoms with Gasteiger partial charge in [0, 0.05) is 31.7 Å². The number of hydrogen-bond donors (Lipinski definition) is 1. The van der Waals surface area contributed by atoms with E-state index in [0.717, 1.165) is 42.7 Å². The first-order chi connectivity index (χ1) is 14.5. The number of amides is 1. The molecule has 1 aromatic rings. The molecule has 0 bridgehead atoms. The van der Waals surface area contributed by atoms with Crippen molar-refractivity contribution >= 4 is 11.6 Å². The third kappa shape index (κ3) is 4.26. The van der Waals surface area contributed by atoms with E-state index in [9.17, 15) is 9.90 Å². The highest BCUT2D eigenvalue weighted by Crippen LogP contribution is 2.35. The van der Waals surface area contributed by atoms with Crippen molar-refractivity contribution in [2.24, 2.45) is 11.1 Å². The number of rotatable bonds is 6. The quantitative estimate of drug-likeness (QED) is 0.771. The summed E-state index contributed by atoms with van der Waals surface area (Å²) in [5.41, 5.74) is 0.641. The Bertz CT molecular complexity index is 797. The summed E-state index contributed by atoms with van der Waals surface area (Å²) < 4.78 is 11.7. The summed E-state index contributed by atoms with van der Waals surface area (Å²) in [6, 6.07) is 5.77. The molecule has 1 saturated carbocycles. The minimum Gasteiger partial charge on any atom is -0.493 e. The summed E-state index contributed by atoms with van der Waals surface area (Å²) in [5.74, 6) is 1.68. The van der Waals surface area contributed by atoms with Gasteiger partial charge in [0.1, 0.15) is 0 Å². The van der Waals surface area contributed by atoms with Gasteiger partial charge < -0.3 is 24.3 Å². The molecule has 1 aliphatic carbocycles. The molecule has 2 fully saturated rings. The van der Waals surface area contributed by atoms with Crippen molar-refractivity contribution in [3.63, 3.8) is 0 Å². The molecule has 7 heteroatoms. The summed E-state index contributed by atoms with van der Waals surface area (Å²) in [5, 5.41) is 13.6. The number of aliphatic hydroxyl groups is 1. The average Bonchev–Trinajstić information content (AvgIpc) is 3.44. The van der Waals surface area contributed by atoms with Crippen LogP contribution in [-0.4, -0.2) is 60.1 Å². The van der Waals surface area contributed by atoms with Crippen LogP contribution in [0, 0.1) is 5.92 Å². The Morgan fingerprint density at radius 2 is 1.97 bits per heavy atom. The van der Waals surface area contributed by atoms with Crippen molar-refractivity contribution in [3.05, 3.63) is 23.8 Å². The van der Waals surface area contributed by atoms with Gasteiger partial charge in [-0.2, -0.15) is 0 Å². The monoisotopic (exact) mass is 416 g/mol. The number of ether oxygens (including phenoxy) is 2. The molecule has 0 radical (unpaired) electrons. The molecule has 7 nitrogen and oxygen atoms in total. The van der Waals surface area contributed by atoms with E-state index in [1.807, 2.05) is 30.0 Å². The predicted octanol–water partition coefficient (Wildman–Crippen LogP) is 3.13. The largest absolute Gasteiger partial charge is 0.493 e. The molecular weight excluding hydrogens is 384 g/mol. The summed E-state index contributed by atoms with van der Waals surface area (Å²) in [4.78, 5) is 20.6. The fourth-order valence-corrected chi connectivity index (χ4v) is 4.60. The maximum atomic E-state index is 13.1. The Morgan fingerprint density at radius 3 is 2.63 bits per heavy atom. The molecule has 1 unspecified atom stereocenters. The molecule has 30 heavy (non-hydrogen) atoms. The van der Waals surface area contributed by atoms with Crippen LogP contribution in [0.1, 0.15) is 57.4 Å². The lowest BCUT2D eigenvalue weighted by molar-refractivity contribution is -0.154. The van der Waals surface area contributed by atoms with Crippen molar-refractivity contribution in [2.45, 2.75) is 63.6 Å². The van der Waals surface area contributed by atoms with E-state index >= 15 is 0 Å². The van der Waals surface area contributed by atoms with Gasteiger partial charge in [0.05, 0.1) is 18.9 Å². The first-order valence-electron chi connectivity index (χ1n) is 11.0. The Balaban J connectivity index is 1.44. The highest BCUT2D eigenvalue weighted by Gasteiger charge is 2.45. The van der Waals surface area contributed by atoms with Gasteiger partial charge in [-0.05, 0) is 69.6 Å². The number of piperidine rings is 1. The van der Waals surface area contributed by atoms with Crippen molar-refractivity contribution in [3.8, 4) is 11.5 Å². The maximum absolute atomic E-state index is 13.1. The summed E-state index contributed by atoms with van der Waals surface area (Å²) in [6.07, 6.45) is 6.82. The van der Waals surface area contributed by atoms with Gasteiger partial charge in [-0.25, -0.2) is 0 Å². The van der Waals surface area contributed by atoms with Crippen LogP contribution in [0.3, 0.4) is 0 Å². The Kier molecular flexibility index (Phi) is 6.18. The summed E-state index contributed by atoms with van der Waals surface area (Å²) in [6.45, 7) is 3.30. The maximum Gasteiger partial charge on any atom is 0.269 e. The second kappa shape index (κ2) is 8.84. The second-order valence-electron chi connectivity index (χ2n) is 8.85. The van der Waals surface area contributed by atoms with Gasteiger partial charge in [0.25, 0.3) is 5.91 Å². The fraction of sp³-hybridized carbons (Fsp3) is 0.652. The molecule has 4 rings (SSSR count). The number of hydrogen-bond acceptors (Lipinski definition) is 6. The zero-order valence-electron chi connectivity index (χ0n) is 17.9. The van der Waals surface area contributed by atoms with Crippen molar-refractivity contribution in [2.75, 3.05) is 26.8 Å². The van der Waals surface area contributed by atoms with E-state index in [-0.39, 0.29) is 24.5 Å². The normalized spacial score (nSPS) is 25.2. The van der Waals surface area contributed by atoms with E-state index in [0.29, 0.717) is 25.3 Å². The van der Waals surface area contributed by atoms with E-state index in [4.69, 9.17) is 14.3 Å². The average molecular weight is 417 g/mol. The van der Waals surface area contributed by atoms with Gasteiger partial charge in [-0.3, -0.25) is 4.79 Å². The highest BCUT2D eigenvalue weighted by atomic mass is 16.7. The van der Waals surface area contributed by atoms with Crippen LogP contribution in [0.4, 0.5) is 0 Å². The SMILES string of the molecule is COc1ccc(C2=NOC(C)(C(=O)N3CCC(CO)CC3)C2)cc1OC1CCCC1. The van der Waals surface area contributed by atoms with Crippen LogP contribution in [0.5, 0.6) is 11.5 Å². The van der Waals surface area contributed by atoms with Crippen molar-refractivity contribution < 1.29 is 24.2 Å². The van der Waals surface area contributed by atoms with Crippen LogP contribution < -0.4 is 9.47 Å². The van der Waals surface area contributed by atoms with Crippen LogP contribution in [0.15, 0.2) is 23.4 Å². The van der Waals surface area contributed by atoms with Crippen LogP contribution in [0.25, 0.3) is 0 Å². The number of carbonyl (C=O) groups excluding carboxylic acids is 1. The molecule has 0 aromatic heterocycles. The number of nitrogens with zero attached hydrogens (tertiary/aromatic N) is 2. The predicted molar refractivity (Wildman–Crippen MR) is 113 cm³/mol. The van der Waals surface area contributed by atoms with Gasteiger partial charge in [-0.15, -0.1) is 0 Å². The molecule has 164 valence electrons. The lowest BCUT2D eigenvalue weighted by atomic mass is 9.92. The highest BCUT2D eigenvalue weighted by molar-refractivity contribution is 6.05. The van der Waals surface area contributed by atoms with Crippen LogP contribution >= 0.6 is 0 Å². The van der Waals surface area contributed by atoms with Crippen molar-refractivity contribution in [1.82, 2.24) is 4.90 Å². The number of benzene rings is 1. The third-order valence-electron chi connectivity index (χ3n) is 6.57. The molecule has 1 atom stereocenters. The van der Waals surface area contributed by atoms with E-state index in [1.165, 1.54) is 12.8 Å². The van der Waals surface area contributed by atoms with Gasteiger partial charge in [0.15, 0.2) is 11.5 Å². The van der Waals surface area contributed by atoms with Gasteiger partial charge in [0.2, 0.25) is 5.60 Å². The van der Waals surface area contributed by atoms with Crippen molar-refractivity contribution in [1.29, 1.82) is 0 Å². The van der Waals surface area contributed by atoms with E-state index in [2.05, 4.69) is 5.16 Å². The lowest BCUT2D eigenvalue weighted by Crippen LogP contribution is -2.50. The Labute approximate surface area is 178 Å². The molecule has 2 heterocycles. The smallest absolute Gasteiger partial charge is 0.269 e. The summed E-state index contributed by atoms with van der Waals surface area (Å²) in [7, 11) is 1.64. The van der Waals surface area contributed by atoms with E-state index in [1.54, 1.807) is 7.11 Å². The first-order valence-corrected chi connectivity index (χ1v) is 11.0. The van der Waals surface area contributed by atoms with Gasteiger partial charge in [-0.1, -0.05) is 5.16 Å². The standard InChI is InChI=1S/C23H32N2O5/c1-23(22(27)25-11-9-16(15-26)10-12-25)14-19(24-30-23)17-7-8-20(28-2)21(13-17)29-18-5-3-4-6-18/h7-8,13,16,18,26H,3-6,9-12,14-15H2,1-2H3. The molecule has 1 N–H and O–H groups in total. The molecule has 2 aliphatic heterocycles. The Hall–Kier alpha value is -2.28. The first kappa shape index (κ1) is 21.0. The topological polar surface area (TPSA) is 80.6 Å². The molecular formula is C23H32N2O5. The Morgan fingerprint density at radius 1 is 1.23 bits per heavy atom. The molecule has 3 aliphatic rings. The number of aliphatic hydroxyl groups excluding tert-OH is 1.